The zero-order chi connectivity index (χ0) is 13.8. The third-order valence-electron chi connectivity index (χ3n) is 2.23. The standard InChI is InChI=1S/C11H15N3O3S/c1-11(2,7-12)8-14-18(15,16)9-5-4-6-13-10(9)17-3/h4-6,14H,8H2,1-3H3. The normalized spacial score (nSPS) is 11.9. The highest BCUT2D eigenvalue weighted by Crippen LogP contribution is 2.20. The van der Waals surface area contributed by atoms with Crippen LogP contribution >= 0.6 is 0 Å². The molecule has 0 atom stereocenters. The van der Waals surface area contributed by atoms with Crippen molar-refractivity contribution >= 4 is 10.0 Å². The number of nitriles is 1. The number of aromatic nitrogens is 1. The van der Waals surface area contributed by atoms with E-state index in [4.69, 9.17) is 10.00 Å². The molecule has 1 N–H and O–H groups in total. The van der Waals surface area contributed by atoms with Crippen molar-refractivity contribution in [3.05, 3.63) is 18.3 Å². The summed E-state index contributed by atoms with van der Waals surface area (Å²) in [5.74, 6) is 0.0276. The molecule has 7 heteroatoms. The number of methoxy groups -OCH3 is 1. The Balaban J connectivity index is 2.98. The predicted molar refractivity (Wildman–Crippen MR) is 65.4 cm³/mol. The molecule has 1 aromatic heterocycles. The molecular formula is C11H15N3O3S. The Bertz CT molecular complexity index is 561. The van der Waals surface area contributed by atoms with Gasteiger partial charge in [-0.25, -0.2) is 18.1 Å². The Morgan fingerprint density at radius 1 is 1.56 bits per heavy atom. The highest BCUT2D eigenvalue weighted by Gasteiger charge is 2.24. The highest BCUT2D eigenvalue weighted by atomic mass is 32.2. The third-order valence-corrected chi connectivity index (χ3v) is 3.64. The summed E-state index contributed by atoms with van der Waals surface area (Å²) in [4.78, 5) is 3.78. The highest BCUT2D eigenvalue weighted by molar-refractivity contribution is 7.89. The largest absolute Gasteiger partial charge is 0.480 e. The topological polar surface area (TPSA) is 92.1 Å². The molecule has 0 radical (unpaired) electrons. The van der Waals surface area contributed by atoms with Crippen LogP contribution in [-0.2, 0) is 10.0 Å². The van der Waals surface area contributed by atoms with Crippen LogP contribution in [0.25, 0.3) is 0 Å². The van der Waals surface area contributed by atoms with Crippen LogP contribution in [0.1, 0.15) is 13.8 Å². The van der Waals surface area contributed by atoms with Crippen molar-refractivity contribution in [2.24, 2.45) is 5.41 Å². The number of hydrogen-bond donors (Lipinski definition) is 1. The lowest BCUT2D eigenvalue weighted by molar-refractivity contribution is 0.384. The summed E-state index contributed by atoms with van der Waals surface area (Å²) in [5, 5.41) is 8.84. The van der Waals surface area contributed by atoms with E-state index in [1.165, 1.54) is 25.4 Å². The van der Waals surface area contributed by atoms with E-state index in [2.05, 4.69) is 9.71 Å². The van der Waals surface area contributed by atoms with Gasteiger partial charge in [-0.2, -0.15) is 5.26 Å². The third kappa shape index (κ3) is 3.42. The van der Waals surface area contributed by atoms with Gasteiger partial charge in [-0.3, -0.25) is 0 Å². The summed E-state index contributed by atoms with van der Waals surface area (Å²) >= 11 is 0. The van der Waals surface area contributed by atoms with E-state index in [-0.39, 0.29) is 17.3 Å². The maximum atomic E-state index is 12.0. The van der Waals surface area contributed by atoms with E-state index in [9.17, 15) is 8.42 Å². The summed E-state index contributed by atoms with van der Waals surface area (Å²) in [5.41, 5.74) is -0.775. The van der Waals surface area contributed by atoms with Crippen molar-refractivity contribution in [3.8, 4) is 11.9 Å². The van der Waals surface area contributed by atoms with Crippen molar-refractivity contribution in [3.63, 3.8) is 0 Å². The Morgan fingerprint density at radius 2 is 2.22 bits per heavy atom. The summed E-state index contributed by atoms with van der Waals surface area (Å²) in [6.45, 7) is 3.32. The number of ether oxygens (including phenoxy) is 1. The zero-order valence-corrected chi connectivity index (χ0v) is 11.3. The molecule has 0 unspecified atom stereocenters. The SMILES string of the molecule is COc1ncccc1S(=O)(=O)NCC(C)(C)C#N. The van der Waals surface area contributed by atoms with Crippen molar-refractivity contribution in [1.29, 1.82) is 5.26 Å². The molecule has 0 aliphatic rings. The average Bonchev–Trinajstić information content (AvgIpc) is 2.37. The predicted octanol–water partition coefficient (Wildman–Crippen LogP) is 0.918. The number of pyridine rings is 1. The van der Waals surface area contributed by atoms with Gasteiger partial charge in [-0.1, -0.05) is 0 Å². The summed E-state index contributed by atoms with van der Waals surface area (Å²) in [6, 6.07) is 4.92. The smallest absolute Gasteiger partial charge is 0.245 e. The van der Waals surface area contributed by atoms with Crippen LogP contribution in [-0.4, -0.2) is 27.1 Å². The first-order valence-corrected chi connectivity index (χ1v) is 6.70. The van der Waals surface area contributed by atoms with Crippen molar-refractivity contribution in [2.75, 3.05) is 13.7 Å². The van der Waals surface area contributed by atoms with Crippen LogP contribution in [0.4, 0.5) is 0 Å². The van der Waals surface area contributed by atoms with Crippen LogP contribution in [0, 0.1) is 16.7 Å². The van der Waals surface area contributed by atoms with Crippen molar-refractivity contribution < 1.29 is 13.2 Å². The first kappa shape index (κ1) is 14.4. The second-order valence-corrected chi connectivity index (χ2v) is 6.07. The number of rotatable bonds is 5. The fraction of sp³-hybridized carbons (Fsp3) is 0.455. The number of hydrogen-bond acceptors (Lipinski definition) is 5. The van der Waals surface area contributed by atoms with Crippen LogP contribution in [0.3, 0.4) is 0 Å². The molecule has 0 aliphatic heterocycles. The summed E-state index contributed by atoms with van der Waals surface area (Å²) in [6.07, 6.45) is 1.44. The van der Waals surface area contributed by atoms with Crippen molar-refractivity contribution in [2.45, 2.75) is 18.7 Å². The molecule has 0 saturated heterocycles. The maximum Gasteiger partial charge on any atom is 0.245 e. The molecule has 0 spiro atoms. The van der Waals surface area contributed by atoms with Gasteiger partial charge in [-0.15, -0.1) is 0 Å². The van der Waals surface area contributed by atoms with Gasteiger partial charge < -0.3 is 4.74 Å². The lowest BCUT2D eigenvalue weighted by Gasteiger charge is -2.16. The van der Waals surface area contributed by atoms with Crippen molar-refractivity contribution in [1.82, 2.24) is 9.71 Å². The Kier molecular flexibility index (Phi) is 4.27. The molecule has 0 aromatic carbocycles. The number of nitrogens with zero attached hydrogens (tertiary/aromatic N) is 2. The molecule has 1 heterocycles. The zero-order valence-electron chi connectivity index (χ0n) is 10.5. The molecule has 6 nitrogen and oxygen atoms in total. The fourth-order valence-electron chi connectivity index (χ4n) is 1.13. The number of nitrogens with one attached hydrogen (secondary N) is 1. The molecule has 0 amide bonds. The Labute approximate surface area is 107 Å². The molecule has 18 heavy (non-hydrogen) atoms. The van der Waals surface area contributed by atoms with E-state index >= 15 is 0 Å². The molecule has 0 aliphatic carbocycles. The average molecular weight is 269 g/mol. The maximum absolute atomic E-state index is 12.0. The Morgan fingerprint density at radius 3 is 2.78 bits per heavy atom. The second-order valence-electron chi connectivity index (χ2n) is 4.33. The van der Waals surface area contributed by atoms with Crippen LogP contribution in [0.5, 0.6) is 5.88 Å². The first-order chi connectivity index (χ1) is 8.32. The monoisotopic (exact) mass is 269 g/mol. The van der Waals surface area contributed by atoms with Gasteiger partial charge in [0.1, 0.15) is 4.90 Å². The summed E-state index contributed by atoms with van der Waals surface area (Å²) in [7, 11) is -2.39. The minimum Gasteiger partial charge on any atom is -0.480 e. The quantitative estimate of drug-likeness (QED) is 0.858. The molecule has 98 valence electrons. The van der Waals surface area contributed by atoms with Crippen LogP contribution in [0.15, 0.2) is 23.2 Å². The van der Waals surface area contributed by atoms with E-state index in [1.807, 2.05) is 6.07 Å². The van der Waals surface area contributed by atoms with E-state index in [1.54, 1.807) is 13.8 Å². The van der Waals surface area contributed by atoms with Gasteiger partial charge in [0, 0.05) is 12.7 Å². The fourth-order valence-corrected chi connectivity index (χ4v) is 2.46. The second kappa shape index (κ2) is 5.33. The van der Waals surface area contributed by atoms with Gasteiger partial charge in [-0.05, 0) is 26.0 Å². The van der Waals surface area contributed by atoms with Gasteiger partial charge in [0.25, 0.3) is 0 Å². The molecular weight excluding hydrogens is 254 g/mol. The summed E-state index contributed by atoms with van der Waals surface area (Å²) < 4.78 is 31.3. The van der Waals surface area contributed by atoms with Gasteiger partial charge >= 0.3 is 0 Å². The molecule has 1 aromatic rings. The van der Waals surface area contributed by atoms with E-state index in [0.29, 0.717) is 0 Å². The van der Waals surface area contributed by atoms with E-state index in [0.717, 1.165) is 0 Å². The minimum absolute atomic E-state index is 0.0177. The molecule has 0 fully saturated rings. The lowest BCUT2D eigenvalue weighted by Crippen LogP contribution is -2.33. The van der Waals surface area contributed by atoms with Gasteiger partial charge in [0.15, 0.2) is 0 Å². The van der Waals surface area contributed by atoms with Crippen LogP contribution < -0.4 is 9.46 Å². The molecule has 0 bridgehead atoms. The minimum atomic E-state index is -3.73. The number of sulfonamides is 1. The van der Waals surface area contributed by atoms with Crippen LogP contribution in [0.2, 0.25) is 0 Å². The van der Waals surface area contributed by atoms with Gasteiger partial charge in [0.2, 0.25) is 15.9 Å². The Hall–Kier alpha value is -1.65. The molecule has 0 saturated carbocycles. The van der Waals surface area contributed by atoms with E-state index < -0.39 is 15.4 Å². The van der Waals surface area contributed by atoms with Gasteiger partial charge in [0.05, 0.1) is 18.6 Å². The first-order valence-electron chi connectivity index (χ1n) is 5.22. The lowest BCUT2D eigenvalue weighted by atomic mass is 9.97. The molecule has 1 rings (SSSR count).